The molecule has 1 saturated heterocycles. The van der Waals surface area contributed by atoms with Crippen molar-refractivity contribution in [3.8, 4) is 11.5 Å². The van der Waals surface area contributed by atoms with Gasteiger partial charge in [-0.2, -0.15) is 0 Å². The van der Waals surface area contributed by atoms with Gasteiger partial charge in [-0.25, -0.2) is 9.59 Å². The molecule has 6 heteroatoms. The number of ketones is 1. The molecular formula is C31H31NO5. The first-order valence-corrected chi connectivity index (χ1v) is 12.9. The largest absolute Gasteiger partial charge is 0.419 e. The number of nitrogens with zero attached hydrogens (tertiary/aromatic N) is 1. The average molecular weight is 498 g/mol. The van der Waals surface area contributed by atoms with E-state index in [4.69, 9.17) is 9.47 Å². The van der Waals surface area contributed by atoms with Crippen LogP contribution in [0.5, 0.6) is 11.5 Å². The lowest BCUT2D eigenvalue weighted by Gasteiger charge is -2.43. The van der Waals surface area contributed by atoms with E-state index in [1.165, 1.54) is 0 Å². The summed E-state index contributed by atoms with van der Waals surface area (Å²) in [5.41, 5.74) is 2.76. The molecule has 190 valence electrons. The van der Waals surface area contributed by atoms with Crippen LogP contribution in [-0.2, 0) is 11.2 Å². The van der Waals surface area contributed by atoms with Crippen molar-refractivity contribution >= 4 is 17.7 Å². The molecule has 2 aliphatic heterocycles. The summed E-state index contributed by atoms with van der Waals surface area (Å²) >= 11 is 0. The van der Waals surface area contributed by atoms with Crippen LogP contribution in [0.3, 0.4) is 0 Å². The number of piperidine rings is 1. The van der Waals surface area contributed by atoms with Gasteiger partial charge in [-0.3, -0.25) is 9.69 Å². The molecule has 0 aromatic heterocycles. The summed E-state index contributed by atoms with van der Waals surface area (Å²) in [4.78, 5) is 41.2. The quantitative estimate of drug-likeness (QED) is 0.323. The molecule has 0 bridgehead atoms. The fourth-order valence-electron chi connectivity index (χ4n) is 5.36. The maximum atomic E-state index is 13.0. The van der Waals surface area contributed by atoms with Crippen LogP contribution in [0.25, 0.3) is 0 Å². The maximum Gasteiger partial charge on any atom is 0.343 e. The van der Waals surface area contributed by atoms with Crippen LogP contribution in [0, 0.1) is 11.8 Å². The van der Waals surface area contributed by atoms with Gasteiger partial charge in [0.1, 0.15) is 5.78 Å². The van der Waals surface area contributed by atoms with Gasteiger partial charge in [-0.1, -0.05) is 50.2 Å². The first-order valence-electron chi connectivity index (χ1n) is 12.9. The summed E-state index contributed by atoms with van der Waals surface area (Å²) in [6, 6.07) is 20.9. The molecule has 0 aliphatic carbocycles. The molecular weight excluding hydrogens is 466 g/mol. The number of esters is 2. The van der Waals surface area contributed by atoms with Crippen molar-refractivity contribution in [1.82, 2.24) is 4.90 Å². The van der Waals surface area contributed by atoms with E-state index < -0.39 is 11.9 Å². The number of carbonyl (C=O) groups is 3. The number of carbonyl (C=O) groups excluding carboxylic acids is 3. The minimum atomic E-state index is -0.540. The molecule has 2 unspecified atom stereocenters. The van der Waals surface area contributed by atoms with Gasteiger partial charge >= 0.3 is 11.9 Å². The van der Waals surface area contributed by atoms with Crippen molar-refractivity contribution in [3.63, 3.8) is 0 Å². The highest BCUT2D eigenvalue weighted by molar-refractivity contribution is 5.93. The van der Waals surface area contributed by atoms with Gasteiger partial charge in [0.05, 0.1) is 11.1 Å². The van der Waals surface area contributed by atoms with E-state index in [0.29, 0.717) is 23.5 Å². The van der Waals surface area contributed by atoms with Gasteiger partial charge in [-0.05, 0) is 66.3 Å². The molecule has 2 atom stereocenters. The molecule has 3 aromatic rings. The van der Waals surface area contributed by atoms with Crippen molar-refractivity contribution in [3.05, 3.63) is 95.1 Å². The minimum Gasteiger partial charge on any atom is -0.419 e. The Kier molecular flexibility index (Phi) is 7.19. The van der Waals surface area contributed by atoms with Crippen molar-refractivity contribution in [2.75, 3.05) is 13.1 Å². The normalized spacial score (nSPS) is 19.2. The molecule has 0 N–H and O–H groups in total. The van der Waals surface area contributed by atoms with E-state index in [0.717, 1.165) is 37.1 Å². The van der Waals surface area contributed by atoms with E-state index in [2.05, 4.69) is 18.7 Å². The SMILES string of the molecule is CC(C)CC1CN2CCc3cc(OC(=O)c4ccccc4)c(OC(=O)c4ccccc4)cc3C2CC1=O. The van der Waals surface area contributed by atoms with Crippen molar-refractivity contribution in [2.24, 2.45) is 11.8 Å². The number of rotatable bonds is 6. The lowest BCUT2D eigenvalue weighted by Crippen LogP contribution is -2.46. The number of benzene rings is 3. The molecule has 0 spiro atoms. The van der Waals surface area contributed by atoms with E-state index >= 15 is 0 Å². The van der Waals surface area contributed by atoms with E-state index in [-0.39, 0.29) is 29.2 Å². The standard InChI is InChI=1S/C31H31NO5/c1-20(2)15-24-19-32-14-13-23-16-28(36-30(34)21-9-5-3-6-10-21)29(17-25(23)26(32)18-27(24)33)37-31(35)22-11-7-4-8-12-22/h3-12,16-17,20,24,26H,13-15,18-19H2,1-2H3. The minimum absolute atomic E-state index is 0.0549. The van der Waals surface area contributed by atoms with Crippen LogP contribution < -0.4 is 9.47 Å². The molecule has 1 fully saturated rings. The average Bonchev–Trinajstić information content (AvgIpc) is 2.90. The summed E-state index contributed by atoms with van der Waals surface area (Å²) in [7, 11) is 0. The third-order valence-corrected chi connectivity index (χ3v) is 7.16. The van der Waals surface area contributed by atoms with E-state index in [1.54, 1.807) is 60.7 Å². The zero-order valence-corrected chi connectivity index (χ0v) is 21.2. The maximum absolute atomic E-state index is 13.0. The van der Waals surface area contributed by atoms with Gasteiger partial charge in [0.2, 0.25) is 0 Å². The van der Waals surface area contributed by atoms with Gasteiger partial charge < -0.3 is 9.47 Å². The molecule has 2 heterocycles. The lowest BCUT2D eigenvalue weighted by atomic mass is 9.80. The smallest absolute Gasteiger partial charge is 0.343 e. The summed E-state index contributed by atoms with van der Waals surface area (Å²) in [6.07, 6.45) is 2.08. The van der Waals surface area contributed by atoms with Gasteiger partial charge in [0.25, 0.3) is 0 Å². The van der Waals surface area contributed by atoms with Gasteiger partial charge in [0.15, 0.2) is 11.5 Å². The lowest BCUT2D eigenvalue weighted by molar-refractivity contribution is -0.129. The molecule has 5 rings (SSSR count). The Labute approximate surface area is 217 Å². The molecule has 2 aliphatic rings. The summed E-state index contributed by atoms with van der Waals surface area (Å²) < 4.78 is 11.6. The molecule has 0 saturated carbocycles. The first-order chi connectivity index (χ1) is 17.9. The Bertz CT molecular complexity index is 1300. The monoisotopic (exact) mass is 497 g/mol. The van der Waals surface area contributed by atoms with Crippen LogP contribution in [0.1, 0.15) is 64.6 Å². The fourth-order valence-corrected chi connectivity index (χ4v) is 5.36. The number of Topliss-reactive ketones (excluding diaryl/α,β-unsaturated/α-hetero) is 1. The molecule has 3 aromatic carbocycles. The fraction of sp³-hybridized carbons (Fsp3) is 0.323. The van der Waals surface area contributed by atoms with Crippen LogP contribution >= 0.6 is 0 Å². The Hall–Kier alpha value is -3.77. The zero-order chi connectivity index (χ0) is 25.9. The molecule has 0 amide bonds. The van der Waals surface area contributed by atoms with Gasteiger partial charge in [-0.15, -0.1) is 0 Å². The van der Waals surface area contributed by atoms with Crippen LogP contribution in [0.2, 0.25) is 0 Å². The predicted molar refractivity (Wildman–Crippen MR) is 140 cm³/mol. The molecule has 6 nitrogen and oxygen atoms in total. The Morgan fingerprint density at radius 1 is 0.892 bits per heavy atom. The zero-order valence-electron chi connectivity index (χ0n) is 21.2. The number of hydrogen-bond acceptors (Lipinski definition) is 6. The number of hydrogen-bond donors (Lipinski definition) is 0. The highest BCUT2D eigenvalue weighted by atomic mass is 16.6. The topological polar surface area (TPSA) is 72.9 Å². The van der Waals surface area contributed by atoms with Crippen molar-refractivity contribution in [2.45, 2.75) is 39.2 Å². The third-order valence-electron chi connectivity index (χ3n) is 7.16. The summed E-state index contributed by atoms with van der Waals surface area (Å²) in [6.45, 7) is 5.87. The number of ether oxygens (including phenoxy) is 2. The Balaban J connectivity index is 1.48. The second-order valence-corrected chi connectivity index (χ2v) is 10.3. The Morgan fingerprint density at radius 3 is 2.03 bits per heavy atom. The Morgan fingerprint density at radius 2 is 1.46 bits per heavy atom. The molecule has 37 heavy (non-hydrogen) atoms. The van der Waals surface area contributed by atoms with Crippen LogP contribution in [0.15, 0.2) is 72.8 Å². The third kappa shape index (κ3) is 5.49. The predicted octanol–water partition coefficient (Wildman–Crippen LogP) is 5.66. The second kappa shape index (κ2) is 10.7. The second-order valence-electron chi connectivity index (χ2n) is 10.3. The number of fused-ring (bicyclic) bond motifs is 3. The van der Waals surface area contributed by atoms with Crippen molar-refractivity contribution < 1.29 is 23.9 Å². The summed E-state index contributed by atoms with van der Waals surface area (Å²) in [5.74, 6) is 0.111. The highest BCUT2D eigenvalue weighted by Crippen LogP contribution is 2.43. The van der Waals surface area contributed by atoms with Crippen LogP contribution in [-0.4, -0.2) is 35.7 Å². The van der Waals surface area contributed by atoms with Crippen molar-refractivity contribution in [1.29, 1.82) is 0 Å². The van der Waals surface area contributed by atoms with E-state index in [9.17, 15) is 14.4 Å². The molecule has 0 radical (unpaired) electrons. The first kappa shape index (κ1) is 24.9. The van der Waals surface area contributed by atoms with Crippen LogP contribution in [0.4, 0.5) is 0 Å². The summed E-state index contributed by atoms with van der Waals surface area (Å²) in [5, 5.41) is 0. The highest BCUT2D eigenvalue weighted by Gasteiger charge is 2.39. The van der Waals surface area contributed by atoms with E-state index in [1.807, 2.05) is 12.1 Å². The van der Waals surface area contributed by atoms with Gasteiger partial charge in [0, 0.05) is 31.5 Å².